The maximum absolute atomic E-state index is 11.1. The zero-order valence-corrected chi connectivity index (χ0v) is 18.1. The molecule has 0 heterocycles. The molecule has 1 amide bonds. The molecule has 0 aliphatic carbocycles. The van der Waals surface area contributed by atoms with Crippen LogP contribution in [0.25, 0.3) is 0 Å². The van der Waals surface area contributed by atoms with Gasteiger partial charge in [-0.1, -0.05) is 51.3 Å². The van der Waals surface area contributed by atoms with Gasteiger partial charge in [-0.3, -0.25) is 4.79 Å². The van der Waals surface area contributed by atoms with Crippen molar-refractivity contribution in [1.29, 1.82) is 0 Å². The molecule has 2 N–H and O–H groups in total. The van der Waals surface area contributed by atoms with E-state index in [0.717, 1.165) is 23.1 Å². The summed E-state index contributed by atoms with van der Waals surface area (Å²) in [4.78, 5) is 22.2. The van der Waals surface area contributed by atoms with Crippen molar-refractivity contribution in [1.82, 2.24) is 5.32 Å². The number of hydrogen-bond donors (Lipinski definition) is 2. The largest absolute Gasteiger partial charge is 0.492 e. The fourth-order valence-electron chi connectivity index (χ4n) is 2.96. The molecular formula is C25H30N2O4. The van der Waals surface area contributed by atoms with Crippen molar-refractivity contribution in [2.45, 2.75) is 19.3 Å². The van der Waals surface area contributed by atoms with Gasteiger partial charge in [0.2, 0.25) is 5.91 Å². The Morgan fingerprint density at radius 3 is 2.10 bits per heavy atom. The van der Waals surface area contributed by atoms with Crippen molar-refractivity contribution in [2.24, 2.45) is 0 Å². The summed E-state index contributed by atoms with van der Waals surface area (Å²) in [7, 11) is 0. The Bertz CT molecular complexity index is 813. The Hall–Kier alpha value is -3.54. The lowest BCUT2D eigenvalue weighted by atomic mass is 9.78. The summed E-state index contributed by atoms with van der Waals surface area (Å²) in [5.41, 5.74) is 3.12. The molecule has 0 saturated heterocycles. The normalized spacial score (nSPS) is 10.6. The number of hydrogen-bond acceptors (Lipinski definition) is 5. The standard InChI is InChI=1S/C25H30N2O4/c1-5-23(28)27-16-17-30-22-13-9-20(10-14-22)25(3,4)19-7-11-21(12-8-19)26-15-18-31-24(29)6-2/h5-14,26H,1-2,15-18H2,3-4H3,(H,27,28). The first-order valence-electron chi connectivity index (χ1n) is 10.1. The maximum atomic E-state index is 11.1. The van der Waals surface area contributed by atoms with E-state index >= 15 is 0 Å². The number of benzene rings is 2. The molecule has 0 unspecified atom stereocenters. The van der Waals surface area contributed by atoms with E-state index in [1.807, 2.05) is 24.3 Å². The molecule has 0 aromatic heterocycles. The minimum Gasteiger partial charge on any atom is -0.492 e. The van der Waals surface area contributed by atoms with Crippen LogP contribution in [-0.2, 0) is 19.7 Å². The summed E-state index contributed by atoms with van der Waals surface area (Å²) >= 11 is 0. The van der Waals surface area contributed by atoms with Crippen LogP contribution in [0.5, 0.6) is 5.75 Å². The molecule has 6 nitrogen and oxygen atoms in total. The van der Waals surface area contributed by atoms with Crippen molar-refractivity contribution in [3.05, 3.63) is 85.0 Å². The first-order chi connectivity index (χ1) is 14.9. The number of nitrogens with one attached hydrogen (secondary N) is 2. The molecule has 6 heteroatoms. The molecule has 0 aliphatic rings. The summed E-state index contributed by atoms with van der Waals surface area (Å²) in [6.45, 7) is 12.8. The van der Waals surface area contributed by atoms with Crippen LogP contribution in [0.4, 0.5) is 5.69 Å². The van der Waals surface area contributed by atoms with E-state index in [0.29, 0.717) is 19.7 Å². The third kappa shape index (κ3) is 7.33. The second-order valence-electron chi connectivity index (χ2n) is 7.37. The third-order valence-electron chi connectivity index (χ3n) is 4.88. The van der Waals surface area contributed by atoms with Crippen LogP contribution in [0.1, 0.15) is 25.0 Å². The molecular weight excluding hydrogens is 392 g/mol. The van der Waals surface area contributed by atoms with Crippen molar-refractivity contribution < 1.29 is 19.1 Å². The van der Waals surface area contributed by atoms with E-state index in [9.17, 15) is 9.59 Å². The minimum absolute atomic E-state index is 0.186. The predicted molar refractivity (Wildman–Crippen MR) is 123 cm³/mol. The van der Waals surface area contributed by atoms with E-state index in [-0.39, 0.29) is 17.9 Å². The highest BCUT2D eigenvalue weighted by atomic mass is 16.5. The maximum Gasteiger partial charge on any atom is 0.330 e. The number of amides is 1. The van der Waals surface area contributed by atoms with Gasteiger partial charge in [0.25, 0.3) is 0 Å². The Morgan fingerprint density at radius 1 is 0.903 bits per heavy atom. The molecule has 164 valence electrons. The number of ether oxygens (including phenoxy) is 2. The lowest BCUT2D eigenvalue weighted by molar-refractivity contribution is -0.137. The van der Waals surface area contributed by atoms with Gasteiger partial charge in [-0.05, 0) is 41.5 Å². The van der Waals surface area contributed by atoms with Crippen molar-refractivity contribution in [3.8, 4) is 5.75 Å². The fourth-order valence-corrected chi connectivity index (χ4v) is 2.96. The first-order valence-corrected chi connectivity index (χ1v) is 10.1. The second-order valence-corrected chi connectivity index (χ2v) is 7.37. The number of anilines is 1. The zero-order chi connectivity index (χ0) is 22.7. The molecule has 2 aromatic carbocycles. The van der Waals surface area contributed by atoms with Gasteiger partial charge in [-0.15, -0.1) is 0 Å². The van der Waals surface area contributed by atoms with Gasteiger partial charge in [-0.25, -0.2) is 4.79 Å². The van der Waals surface area contributed by atoms with Crippen LogP contribution in [0.15, 0.2) is 73.8 Å². The third-order valence-corrected chi connectivity index (χ3v) is 4.88. The van der Waals surface area contributed by atoms with Gasteiger partial charge in [0.15, 0.2) is 0 Å². The quantitative estimate of drug-likeness (QED) is 0.309. The average Bonchev–Trinajstić information content (AvgIpc) is 2.79. The number of rotatable bonds is 12. The average molecular weight is 423 g/mol. The van der Waals surface area contributed by atoms with E-state index < -0.39 is 5.97 Å². The van der Waals surface area contributed by atoms with Gasteiger partial charge in [0.05, 0.1) is 6.54 Å². The first kappa shape index (κ1) is 23.7. The molecule has 0 fully saturated rings. The van der Waals surface area contributed by atoms with E-state index in [1.54, 1.807) is 0 Å². The molecule has 0 spiro atoms. The topological polar surface area (TPSA) is 76.7 Å². The highest BCUT2D eigenvalue weighted by molar-refractivity contribution is 5.86. The predicted octanol–water partition coefficient (Wildman–Crippen LogP) is 3.83. The van der Waals surface area contributed by atoms with Crippen molar-refractivity contribution in [3.63, 3.8) is 0 Å². The molecule has 0 atom stereocenters. The Balaban J connectivity index is 1.90. The van der Waals surface area contributed by atoms with Crippen LogP contribution in [0.3, 0.4) is 0 Å². The summed E-state index contributed by atoms with van der Waals surface area (Å²) in [6.07, 6.45) is 2.39. The van der Waals surface area contributed by atoms with Crippen LogP contribution in [0.2, 0.25) is 0 Å². The lowest BCUT2D eigenvalue weighted by Gasteiger charge is -2.26. The zero-order valence-electron chi connectivity index (χ0n) is 18.1. The number of esters is 1. The Labute approximate surface area is 184 Å². The lowest BCUT2D eigenvalue weighted by Crippen LogP contribution is -2.26. The van der Waals surface area contributed by atoms with Gasteiger partial charge < -0.3 is 20.1 Å². The van der Waals surface area contributed by atoms with E-state index in [1.165, 1.54) is 11.6 Å². The van der Waals surface area contributed by atoms with Gasteiger partial charge >= 0.3 is 5.97 Å². The molecule has 2 rings (SSSR count). The van der Waals surface area contributed by atoms with Gasteiger partial charge in [-0.2, -0.15) is 0 Å². The monoisotopic (exact) mass is 422 g/mol. The number of carbonyl (C=O) groups excluding carboxylic acids is 2. The Morgan fingerprint density at radius 2 is 1.52 bits per heavy atom. The van der Waals surface area contributed by atoms with Crippen LogP contribution >= 0.6 is 0 Å². The fraction of sp³-hybridized carbons (Fsp3) is 0.280. The molecule has 31 heavy (non-hydrogen) atoms. The SMILES string of the molecule is C=CC(=O)NCCOc1ccc(C(C)(C)c2ccc(NCCOC(=O)C=C)cc2)cc1. The van der Waals surface area contributed by atoms with Gasteiger partial charge in [0.1, 0.15) is 19.0 Å². The molecule has 0 saturated carbocycles. The highest BCUT2D eigenvalue weighted by Crippen LogP contribution is 2.33. The van der Waals surface area contributed by atoms with Gasteiger partial charge in [0, 0.05) is 23.7 Å². The van der Waals surface area contributed by atoms with Crippen LogP contribution in [0, 0.1) is 0 Å². The minimum atomic E-state index is -0.422. The van der Waals surface area contributed by atoms with Crippen LogP contribution in [-0.4, -0.2) is 38.2 Å². The summed E-state index contributed by atoms with van der Waals surface area (Å²) in [6, 6.07) is 16.2. The van der Waals surface area contributed by atoms with Crippen molar-refractivity contribution >= 4 is 17.6 Å². The molecule has 0 radical (unpaired) electrons. The highest BCUT2D eigenvalue weighted by Gasteiger charge is 2.23. The summed E-state index contributed by atoms with van der Waals surface area (Å²) in [5.74, 6) is 0.122. The molecule has 2 aromatic rings. The van der Waals surface area contributed by atoms with Crippen molar-refractivity contribution in [2.75, 3.05) is 31.6 Å². The van der Waals surface area contributed by atoms with Crippen LogP contribution < -0.4 is 15.4 Å². The summed E-state index contributed by atoms with van der Waals surface area (Å²) < 4.78 is 10.6. The second kappa shape index (κ2) is 11.6. The molecule has 0 bridgehead atoms. The Kier molecular flexibility index (Phi) is 8.88. The number of carbonyl (C=O) groups is 2. The van der Waals surface area contributed by atoms with E-state index in [2.05, 4.69) is 61.9 Å². The smallest absolute Gasteiger partial charge is 0.330 e. The summed E-state index contributed by atoms with van der Waals surface area (Å²) in [5, 5.41) is 5.90. The van der Waals surface area contributed by atoms with E-state index in [4.69, 9.17) is 9.47 Å². The molecule has 0 aliphatic heterocycles.